The van der Waals surface area contributed by atoms with Gasteiger partial charge >= 0.3 is 0 Å². The van der Waals surface area contributed by atoms with E-state index in [4.69, 9.17) is 0 Å². The first-order valence-corrected chi connectivity index (χ1v) is 4.89. The molecule has 0 aromatic rings. The molecule has 0 atom stereocenters. The Labute approximate surface area is 74.7 Å². The largest absolute Gasteiger partial charge is 0.317 e. The van der Waals surface area contributed by atoms with E-state index < -0.39 is 0 Å². The zero-order valence-corrected chi connectivity index (χ0v) is 8.15. The molecule has 0 radical (unpaired) electrons. The summed E-state index contributed by atoms with van der Waals surface area (Å²) in [6.07, 6.45) is 4.27. The molecule has 1 fully saturated rings. The quantitative estimate of drug-likeness (QED) is 0.697. The fourth-order valence-electron chi connectivity index (χ4n) is 2.14. The molecule has 1 aliphatic heterocycles. The minimum Gasteiger partial charge on any atom is -0.317 e. The van der Waals surface area contributed by atoms with Crippen molar-refractivity contribution in [1.29, 1.82) is 0 Å². The summed E-state index contributed by atoms with van der Waals surface area (Å²) >= 11 is 0. The Hall–Kier alpha value is -0.370. The summed E-state index contributed by atoms with van der Waals surface area (Å²) in [6.45, 7) is 6.08. The lowest BCUT2D eigenvalue weighted by molar-refractivity contribution is -0.119. The zero-order chi connectivity index (χ0) is 9.03. The number of ketones is 1. The lowest BCUT2D eigenvalue weighted by atomic mass is 9.73. The third-order valence-corrected chi connectivity index (χ3v) is 3.04. The Kier molecular flexibility index (Phi) is 3.27. The number of hydrogen-bond acceptors (Lipinski definition) is 2. The van der Waals surface area contributed by atoms with Crippen LogP contribution >= 0.6 is 0 Å². The summed E-state index contributed by atoms with van der Waals surface area (Å²) in [7, 11) is 0. The number of hydrogen-bond donors (Lipinski definition) is 1. The third-order valence-electron chi connectivity index (χ3n) is 3.04. The first-order valence-electron chi connectivity index (χ1n) is 4.89. The summed E-state index contributed by atoms with van der Waals surface area (Å²) in [5, 5.41) is 3.34. The molecule has 0 aromatic carbocycles. The van der Waals surface area contributed by atoms with E-state index in [0.717, 1.165) is 25.9 Å². The van der Waals surface area contributed by atoms with Gasteiger partial charge in [0.15, 0.2) is 0 Å². The van der Waals surface area contributed by atoms with Gasteiger partial charge in [-0.15, -0.1) is 0 Å². The van der Waals surface area contributed by atoms with Gasteiger partial charge in [-0.25, -0.2) is 0 Å². The SMILES string of the molecule is CCC1(CC(C)=O)CCNCC1. The Morgan fingerprint density at radius 1 is 1.42 bits per heavy atom. The van der Waals surface area contributed by atoms with Gasteiger partial charge in [-0.05, 0) is 44.7 Å². The van der Waals surface area contributed by atoms with Crippen LogP contribution in [0.2, 0.25) is 0 Å². The molecule has 0 unspecified atom stereocenters. The molecule has 1 N–H and O–H groups in total. The molecule has 1 aliphatic rings. The predicted molar refractivity (Wildman–Crippen MR) is 50.1 cm³/mol. The second kappa shape index (κ2) is 4.04. The van der Waals surface area contributed by atoms with Crippen molar-refractivity contribution in [1.82, 2.24) is 5.32 Å². The third kappa shape index (κ3) is 2.31. The maximum atomic E-state index is 11.1. The van der Waals surface area contributed by atoms with Gasteiger partial charge in [0.25, 0.3) is 0 Å². The molecule has 1 rings (SSSR count). The highest BCUT2D eigenvalue weighted by molar-refractivity contribution is 5.76. The topological polar surface area (TPSA) is 29.1 Å². The van der Waals surface area contributed by atoms with Crippen LogP contribution in [-0.4, -0.2) is 18.9 Å². The van der Waals surface area contributed by atoms with E-state index in [0.29, 0.717) is 11.2 Å². The van der Waals surface area contributed by atoms with Gasteiger partial charge in [0.1, 0.15) is 5.78 Å². The van der Waals surface area contributed by atoms with Crippen LogP contribution in [0.25, 0.3) is 0 Å². The number of nitrogens with one attached hydrogen (secondary N) is 1. The van der Waals surface area contributed by atoms with Crippen LogP contribution in [0.5, 0.6) is 0 Å². The first kappa shape index (κ1) is 9.72. The summed E-state index contributed by atoms with van der Waals surface area (Å²) in [5.74, 6) is 0.346. The van der Waals surface area contributed by atoms with E-state index in [9.17, 15) is 4.79 Å². The zero-order valence-electron chi connectivity index (χ0n) is 8.15. The van der Waals surface area contributed by atoms with Crippen LogP contribution in [0.3, 0.4) is 0 Å². The average molecular weight is 169 g/mol. The van der Waals surface area contributed by atoms with E-state index in [2.05, 4.69) is 12.2 Å². The first-order chi connectivity index (χ1) is 5.68. The fourth-order valence-corrected chi connectivity index (χ4v) is 2.14. The molecule has 0 bridgehead atoms. The van der Waals surface area contributed by atoms with Crippen molar-refractivity contribution in [2.75, 3.05) is 13.1 Å². The molecule has 1 heterocycles. The van der Waals surface area contributed by atoms with Crippen molar-refractivity contribution >= 4 is 5.78 Å². The van der Waals surface area contributed by atoms with E-state index in [1.807, 2.05) is 0 Å². The monoisotopic (exact) mass is 169 g/mol. The number of carbonyl (C=O) groups excluding carboxylic acids is 1. The number of Topliss-reactive ketones (excluding diaryl/α,β-unsaturated/α-hetero) is 1. The molecule has 70 valence electrons. The Bertz CT molecular complexity index is 159. The molecule has 0 aromatic heterocycles. The van der Waals surface area contributed by atoms with Crippen LogP contribution in [0.4, 0.5) is 0 Å². The van der Waals surface area contributed by atoms with Crippen molar-refractivity contribution in [2.24, 2.45) is 5.41 Å². The molecular formula is C10H19NO. The fraction of sp³-hybridized carbons (Fsp3) is 0.900. The van der Waals surface area contributed by atoms with Gasteiger partial charge < -0.3 is 10.1 Å². The van der Waals surface area contributed by atoms with Gasteiger partial charge in [0.05, 0.1) is 0 Å². The molecule has 12 heavy (non-hydrogen) atoms. The highest BCUT2D eigenvalue weighted by atomic mass is 16.1. The summed E-state index contributed by atoms with van der Waals surface area (Å²) in [4.78, 5) is 11.1. The van der Waals surface area contributed by atoms with Crippen LogP contribution < -0.4 is 5.32 Å². The molecule has 2 nitrogen and oxygen atoms in total. The second-order valence-electron chi connectivity index (χ2n) is 3.98. The molecule has 1 saturated heterocycles. The minimum absolute atomic E-state index is 0.330. The molecule has 0 spiro atoms. The van der Waals surface area contributed by atoms with Crippen molar-refractivity contribution in [3.8, 4) is 0 Å². The van der Waals surface area contributed by atoms with Crippen LogP contribution in [0.15, 0.2) is 0 Å². The second-order valence-corrected chi connectivity index (χ2v) is 3.98. The molecular weight excluding hydrogens is 150 g/mol. The van der Waals surface area contributed by atoms with Crippen LogP contribution in [0.1, 0.15) is 39.5 Å². The standard InChI is InChI=1S/C10H19NO/c1-3-10(8-9(2)12)4-6-11-7-5-10/h11H,3-8H2,1-2H3. The van der Waals surface area contributed by atoms with Gasteiger partial charge in [-0.2, -0.15) is 0 Å². The lowest BCUT2D eigenvalue weighted by Crippen LogP contribution is -2.37. The van der Waals surface area contributed by atoms with Gasteiger partial charge in [-0.1, -0.05) is 6.92 Å². The van der Waals surface area contributed by atoms with E-state index in [1.165, 1.54) is 12.8 Å². The number of piperidine rings is 1. The molecule has 0 amide bonds. The van der Waals surface area contributed by atoms with Crippen LogP contribution in [0, 0.1) is 5.41 Å². The van der Waals surface area contributed by atoms with E-state index >= 15 is 0 Å². The molecule has 0 saturated carbocycles. The highest BCUT2D eigenvalue weighted by Gasteiger charge is 2.30. The highest BCUT2D eigenvalue weighted by Crippen LogP contribution is 2.36. The van der Waals surface area contributed by atoms with Gasteiger partial charge in [0, 0.05) is 6.42 Å². The van der Waals surface area contributed by atoms with Crippen molar-refractivity contribution < 1.29 is 4.79 Å². The Balaban J connectivity index is 2.53. The maximum absolute atomic E-state index is 11.1. The predicted octanol–water partition coefficient (Wildman–Crippen LogP) is 1.75. The van der Waals surface area contributed by atoms with Crippen LogP contribution in [-0.2, 0) is 4.79 Å². The Morgan fingerprint density at radius 3 is 2.42 bits per heavy atom. The van der Waals surface area contributed by atoms with E-state index in [1.54, 1.807) is 6.92 Å². The van der Waals surface area contributed by atoms with E-state index in [-0.39, 0.29) is 0 Å². The molecule has 2 heteroatoms. The Morgan fingerprint density at radius 2 is 2.00 bits per heavy atom. The van der Waals surface area contributed by atoms with Crippen molar-refractivity contribution in [3.05, 3.63) is 0 Å². The number of carbonyl (C=O) groups is 1. The van der Waals surface area contributed by atoms with Crippen molar-refractivity contribution in [3.63, 3.8) is 0 Å². The summed E-state index contributed by atoms with van der Waals surface area (Å²) in [5.41, 5.74) is 0.330. The van der Waals surface area contributed by atoms with Crippen molar-refractivity contribution in [2.45, 2.75) is 39.5 Å². The smallest absolute Gasteiger partial charge is 0.130 e. The van der Waals surface area contributed by atoms with Gasteiger partial charge in [0.2, 0.25) is 0 Å². The average Bonchev–Trinajstić information content (AvgIpc) is 2.05. The maximum Gasteiger partial charge on any atom is 0.130 e. The molecule has 0 aliphatic carbocycles. The lowest BCUT2D eigenvalue weighted by Gasteiger charge is -2.36. The normalized spacial score (nSPS) is 22.2. The number of rotatable bonds is 3. The van der Waals surface area contributed by atoms with Gasteiger partial charge in [-0.3, -0.25) is 0 Å². The summed E-state index contributed by atoms with van der Waals surface area (Å²) in [6, 6.07) is 0. The minimum atomic E-state index is 0.330. The summed E-state index contributed by atoms with van der Waals surface area (Å²) < 4.78 is 0.